The molecule has 2 unspecified atom stereocenters. The van der Waals surface area contributed by atoms with E-state index in [-0.39, 0.29) is 17.9 Å². The maximum absolute atomic E-state index is 12.4. The lowest BCUT2D eigenvalue weighted by Gasteiger charge is -2.23. The molecule has 2 nitrogen and oxygen atoms in total. The predicted molar refractivity (Wildman–Crippen MR) is 82.0 cm³/mol. The van der Waals surface area contributed by atoms with Gasteiger partial charge in [0.1, 0.15) is 0 Å². The molecule has 1 heterocycles. The van der Waals surface area contributed by atoms with Crippen molar-refractivity contribution < 1.29 is 4.79 Å². The number of rotatable bonds is 5. The summed E-state index contributed by atoms with van der Waals surface area (Å²) in [5.41, 5.74) is 1.17. The second-order valence-electron chi connectivity index (χ2n) is 5.24. The summed E-state index contributed by atoms with van der Waals surface area (Å²) < 4.78 is 0. The number of hydrogen-bond acceptors (Lipinski definition) is 2. The lowest BCUT2D eigenvalue weighted by molar-refractivity contribution is -0.123. The fourth-order valence-corrected chi connectivity index (χ4v) is 3.82. The molecule has 4 heteroatoms. The van der Waals surface area contributed by atoms with E-state index >= 15 is 0 Å². The van der Waals surface area contributed by atoms with Crippen molar-refractivity contribution in [2.75, 3.05) is 11.6 Å². The van der Waals surface area contributed by atoms with Crippen LogP contribution in [0.25, 0.3) is 0 Å². The smallest absolute Gasteiger partial charge is 0.228 e. The van der Waals surface area contributed by atoms with Crippen LogP contribution in [0.3, 0.4) is 0 Å². The normalized spacial score (nSPS) is 19.3. The lowest BCUT2D eigenvalue weighted by atomic mass is 9.97. The van der Waals surface area contributed by atoms with Gasteiger partial charge >= 0.3 is 0 Å². The molecule has 104 valence electrons. The van der Waals surface area contributed by atoms with Crippen LogP contribution < -0.4 is 5.32 Å². The number of nitrogens with one attached hydrogen (secondary N) is 1. The van der Waals surface area contributed by atoms with Crippen molar-refractivity contribution in [2.45, 2.75) is 37.1 Å². The Kier molecular flexibility index (Phi) is 5.17. The number of carbonyl (C=O) groups excluding carboxylic acids is 1. The van der Waals surface area contributed by atoms with Crippen LogP contribution in [-0.4, -0.2) is 23.6 Å². The first kappa shape index (κ1) is 14.7. The lowest BCUT2D eigenvalue weighted by Crippen LogP contribution is -2.41. The largest absolute Gasteiger partial charge is 0.353 e. The van der Waals surface area contributed by atoms with E-state index in [2.05, 4.69) is 31.3 Å². The highest BCUT2D eigenvalue weighted by atomic mass is 35.5. The molecule has 0 aliphatic carbocycles. The molecule has 0 fully saturated rings. The first-order valence-electron chi connectivity index (χ1n) is 6.71. The topological polar surface area (TPSA) is 29.1 Å². The standard InChI is InChI=1S/C15H20ClNOS/c1-10(2)13(7-8-16)17-15(18)12-9-19-14-6-4-3-5-11(12)14/h3-6,10,12-13H,7-9H2,1-2H3,(H,17,18). The molecule has 1 amide bonds. The van der Waals surface area contributed by atoms with E-state index in [4.69, 9.17) is 11.6 Å². The molecule has 0 spiro atoms. The van der Waals surface area contributed by atoms with E-state index < -0.39 is 0 Å². The van der Waals surface area contributed by atoms with Crippen LogP contribution in [0.5, 0.6) is 0 Å². The Balaban J connectivity index is 2.05. The third kappa shape index (κ3) is 3.46. The Morgan fingerprint density at radius 1 is 1.47 bits per heavy atom. The Labute approximate surface area is 124 Å². The zero-order valence-corrected chi connectivity index (χ0v) is 12.9. The van der Waals surface area contributed by atoms with Crippen molar-refractivity contribution in [3.05, 3.63) is 29.8 Å². The second-order valence-corrected chi connectivity index (χ2v) is 6.68. The van der Waals surface area contributed by atoms with Gasteiger partial charge in [-0.2, -0.15) is 0 Å². The molecule has 0 saturated heterocycles. The maximum atomic E-state index is 12.4. The first-order chi connectivity index (χ1) is 9.13. The first-order valence-corrected chi connectivity index (χ1v) is 8.23. The summed E-state index contributed by atoms with van der Waals surface area (Å²) >= 11 is 7.58. The molecule has 1 aliphatic rings. The number of hydrogen-bond donors (Lipinski definition) is 1. The molecule has 0 aromatic heterocycles. The molecule has 1 aliphatic heterocycles. The number of fused-ring (bicyclic) bond motifs is 1. The highest BCUT2D eigenvalue weighted by molar-refractivity contribution is 7.99. The molecule has 1 aromatic carbocycles. The maximum Gasteiger partial charge on any atom is 0.228 e. The third-order valence-electron chi connectivity index (χ3n) is 3.57. The molecule has 2 atom stereocenters. The fourth-order valence-electron chi connectivity index (χ4n) is 2.35. The summed E-state index contributed by atoms with van der Waals surface area (Å²) in [6.07, 6.45) is 0.826. The van der Waals surface area contributed by atoms with Crippen LogP contribution in [-0.2, 0) is 4.79 Å². The van der Waals surface area contributed by atoms with Gasteiger partial charge in [0.15, 0.2) is 0 Å². The molecular formula is C15H20ClNOS. The quantitative estimate of drug-likeness (QED) is 0.841. The van der Waals surface area contributed by atoms with E-state index in [9.17, 15) is 4.79 Å². The summed E-state index contributed by atoms with van der Waals surface area (Å²) in [5, 5.41) is 3.16. The van der Waals surface area contributed by atoms with Gasteiger partial charge in [-0.1, -0.05) is 32.0 Å². The van der Waals surface area contributed by atoms with E-state index in [0.29, 0.717) is 11.8 Å². The van der Waals surface area contributed by atoms with Gasteiger partial charge in [0.2, 0.25) is 5.91 Å². The van der Waals surface area contributed by atoms with E-state index in [1.807, 2.05) is 12.1 Å². The van der Waals surface area contributed by atoms with Gasteiger partial charge in [0.25, 0.3) is 0 Å². The third-order valence-corrected chi connectivity index (χ3v) is 4.97. The number of thioether (sulfide) groups is 1. The van der Waals surface area contributed by atoms with Crippen molar-refractivity contribution in [1.29, 1.82) is 0 Å². The van der Waals surface area contributed by atoms with Crippen molar-refractivity contribution in [1.82, 2.24) is 5.32 Å². The number of carbonyl (C=O) groups is 1. The minimum atomic E-state index is -0.0159. The van der Waals surface area contributed by atoms with Crippen LogP contribution in [0, 0.1) is 5.92 Å². The molecule has 0 bridgehead atoms. The Hall–Kier alpha value is -0.670. The van der Waals surface area contributed by atoms with Crippen LogP contribution in [0.4, 0.5) is 0 Å². The Morgan fingerprint density at radius 2 is 2.21 bits per heavy atom. The van der Waals surface area contributed by atoms with E-state index in [0.717, 1.165) is 12.2 Å². The molecule has 0 radical (unpaired) electrons. The minimum Gasteiger partial charge on any atom is -0.353 e. The average Bonchev–Trinajstić information content (AvgIpc) is 2.81. The minimum absolute atomic E-state index is 0.0159. The van der Waals surface area contributed by atoms with Crippen LogP contribution in [0.1, 0.15) is 31.7 Å². The zero-order valence-electron chi connectivity index (χ0n) is 11.4. The molecule has 0 saturated carbocycles. The number of amides is 1. The van der Waals surface area contributed by atoms with Crippen molar-refractivity contribution in [2.24, 2.45) is 5.92 Å². The van der Waals surface area contributed by atoms with Gasteiger partial charge in [-0.3, -0.25) is 4.79 Å². The molecule has 1 N–H and O–H groups in total. The van der Waals surface area contributed by atoms with Gasteiger partial charge in [-0.25, -0.2) is 0 Å². The van der Waals surface area contributed by atoms with Crippen molar-refractivity contribution >= 4 is 29.3 Å². The van der Waals surface area contributed by atoms with Gasteiger partial charge in [0, 0.05) is 22.6 Å². The zero-order chi connectivity index (χ0) is 13.8. The second kappa shape index (κ2) is 6.67. The molecule has 1 aromatic rings. The molecular weight excluding hydrogens is 278 g/mol. The van der Waals surface area contributed by atoms with Crippen LogP contribution in [0.2, 0.25) is 0 Å². The summed E-state index contributed by atoms with van der Waals surface area (Å²) in [4.78, 5) is 13.7. The van der Waals surface area contributed by atoms with Gasteiger partial charge in [-0.15, -0.1) is 23.4 Å². The van der Waals surface area contributed by atoms with Crippen molar-refractivity contribution in [3.8, 4) is 0 Å². The van der Waals surface area contributed by atoms with Crippen LogP contribution >= 0.6 is 23.4 Å². The fraction of sp³-hybridized carbons (Fsp3) is 0.533. The Morgan fingerprint density at radius 3 is 2.89 bits per heavy atom. The molecule has 19 heavy (non-hydrogen) atoms. The number of benzene rings is 1. The van der Waals surface area contributed by atoms with E-state index in [1.54, 1.807) is 11.8 Å². The Bertz CT molecular complexity index is 450. The van der Waals surface area contributed by atoms with Crippen molar-refractivity contribution in [3.63, 3.8) is 0 Å². The number of alkyl halides is 1. The summed E-state index contributed by atoms with van der Waals surface area (Å²) in [6.45, 7) is 4.24. The highest BCUT2D eigenvalue weighted by Gasteiger charge is 2.30. The predicted octanol–water partition coefficient (Wildman–Crippen LogP) is 3.65. The summed E-state index contributed by atoms with van der Waals surface area (Å²) in [6, 6.07) is 8.35. The average molecular weight is 298 g/mol. The monoisotopic (exact) mass is 297 g/mol. The summed E-state index contributed by atoms with van der Waals surface area (Å²) in [5.74, 6) is 1.96. The van der Waals surface area contributed by atoms with E-state index in [1.165, 1.54) is 10.5 Å². The number of halogens is 1. The molecule has 2 rings (SSSR count). The van der Waals surface area contributed by atoms with Crippen LogP contribution in [0.15, 0.2) is 29.2 Å². The van der Waals surface area contributed by atoms with Gasteiger partial charge < -0.3 is 5.32 Å². The summed E-state index contributed by atoms with van der Waals surface area (Å²) in [7, 11) is 0. The highest BCUT2D eigenvalue weighted by Crippen LogP contribution is 2.39. The SMILES string of the molecule is CC(C)C(CCCl)NC(=O)C1CSc2ccccc21. The van der Waals surface area contributed by atoms with Gasteiger partial charge in [-0.05, 0) is 24.0 Å². The van der Waals surface area contributed by atoms with Gasteiger partial charge in [0.05, 0.1) is 5.92 Å².